The molecule has 0 radical (unpaired) electrons. The highest BCUT2D eigenvalue weighted by molar-refractivity contribution is 5.41. The van der Waals surface area contributed by atoms with Crippen molar-refractivity contribution in [2.24, 2.45) is 0 Å². The number of anilines is 1. The molecule has 0 saturated heterocycles. The van der Waals surface area contributed by atoms with Gasteiger partial charge in [-0.1, -0.05) is 12.1 Å². The molecule has 2 aromatic rings. The highest BCUT2D eigenvalue weighted by Gasteiger charge is 2.05. The van der Waals surface area contributed by atoms with Gasteiger partial charge in [-0.15, -0.1) is 0 Å². The van der Waals surface area contributed by atoms with Gasteiger partial charge in [0.25, 0.3) is 0 Å². The van der Waals surface area contributed by atoms with Gasteiger partial charge in [0.1, 0.15) is 29.7 Å². The molecule has 2 rings (SSSR count). The lowest BCUT2D eigenvalue weighted by atomic mass is 10.1. The maximum absolute atomic E-state index is 13.0. The van der Waals surface area contributed by atoms with Gasteiger partial charge in [-0.3, -0.25) is 0 Å². The molecule has 0 bridgehead atoms. The first-order valence-electron chi connectivity index (χ1n) is 5.87. The van der Waals surface area contributed by atoms with E-state index in [2.05, 4.69) is 9.97 Å². The third kappa shape index (κ3) is 3.49. The molecule has 0 spiro atoms. The van der Waals surface area contributed by atoms with Crippen LogP contribution in [0.5, 0.6) is 0 Å². The minimum atomic E-state index is -0.228. The van der Waals surface area contributed by atoms with Crippen molar-refractivity contribution in [3.05, 3.63) is 53.7 Å². The Morgan fingerprint density at radius 2 is 2.16 bits per heavy atom. The van der Waals surface area contributed by atoms with Crippen molar-refractivity contribution in [2.75, 3.05) is 18.5 Å². The average Bonchev–Trinajstić information content (AvgIpc) is 2.45. The van der Waals surface area contributed by atoms with Crippen LogP contribution in [0.25, 0.3) is 0 Å². The smallest absolute Gasteiger partial charge is 0.145 e. The van der Waals surface area contributed by atoms with Crippen LogP contribution in [-0.2, 0) is 6.42 Å². The normalized spacial score (nSPS) is 9.95. The zero-order valence-corrected chi connectivity index (χ0v) is 10.5. The first-order chi connectivity index (χ1) is 9.19. The van der Waals surface area contributed by atoms with E-state index < -0.39 is 0 Å². The summed E-state index contributed by atoms with van der Waals surface area (Å²) in [7, 11) is 1.88. The molecule has 1 heterocycles. The molecule has 0 fully saturated rings. The van der Waals surface area contributed by atoms with E-state index >= 15 is 0 Å². The first-order valence-corrected chi connectivity index (χ1v) is 5.87. The van der Waals surface area contributed by atoms with Gasteiger partial charge in [-0.25, -0.2) is 14.4 Å². The Kier molecular flexibility index (Phi) is 4.04. The van der Waals surface area contributed by atoms with Crippen LogP contribution in [0.2, 0.25) is 0 Å². The van der Waals surface area contributed by atoms with E-state index in [1.165, 1.54) is 18.5 Å². The Morgan fingerprint density at radius 3 is 2.89 bits per heavy atom. The molecule has 1 aromatic heterocycles. The summed E-state index contributed by atoms with van der Waals surface area (Å²) < 4.78 is 13.0. The van der Waals surface area contributed by atoms with Gasteiger partial charge < -0.3 is 4.90 Å². The van der Waals surface area contributed by atoms with Crippen LogP contribution in [-0.4, -0.2) is 23.6 Å². The summed E-state index contributed by atoms with van der Waals surface area (Å²) >= 11 is 0. The first kappa shape index (κ1) is 13.0. The lowest BCUT2D eigenvalue weighted by Gasteiger charge is -2.17. The molecule has 0 saturated carbocycles. The highest BCUT2D eigenvalue weighted by atomic mass is 19.1. The van der Waals surface area contributed by atoms with Crippen LogP contribution in [0.3, 0.4) is 0 Å². The van der Waals surface area contributed by atoms with Gasteiger partial charge in [0.2, 0.25) is 0 Å². The molecule has 1 aromatic carbocycles. The fourth-order valence-electron chi connectivity index (χ4n) is 1.72. The van der Waals surface area contributed by atoms with Crippen LogP contribution >= 0.6 is 0 Å². The van der Waals surface area contributed by atoms with Crippen LogP contribution in [0.15, 0.2) is 36.7 Å². The Hall–Kier alpha value is -2.48. The van der Waals surface area contributed by atoms with Crippen molar-refractivity contribution in [1.29, 1.82) is 5.26 Å². The number of nitrogens with zero attached hydrogens (tertiary/aromatic N) is 4. The Labute approximate surface area is 111 Å². The van der Waals surface area contributed by atoms with Crippen molar-refractivity contribution in [1.82, 2.24) is 9.97 Å². The van der Waals surface area contributed by atoms with E-state index in [0.29, 0.717) is 24.5 Å². The quantitative estimate of drug-likeness (QED) is 0.841. The second-order valence-corrected chi connectivity index (χ2v) is 4.17. The number of hydrogen-bond donors (Lipinski definition) is 0. The van der Waals surface area contributed by atoms with E-state index in [0.717, 1.165) is 5.56 Å². The molecule has 0 aliphatic heterocycles. The van der Waals surface area contributed by atoms with Gasteiger partial charge in [0, 0.05) is 19.7 Å². The molecular formula is C14H13FN4. The standard InChI is InChI=1S/C14H13FN4/c1-19(14-8-13(9-16)17-10-18-14)6-5-11-3-2-4-12(15)7-11/h2-4,7-8,10H,5-6H2,1H3. The maximum atomic E-state index is 13.0. The molecule has 96 valence electrons. The fourth-order valence-corrected chi connectivity index (χ4v) is 1.72. The minimum absolute atomic E-state index is 0.228. The van der Waals surface area contributed by atoms with E-state index in [4.69, 9.17) is 5.26 Å². The predicted octanol–water partition coefficient (Wildman–Crippen LogP) is 2.17. The number of benzene rings is 1. The van der Waals surface area contributed by atoms with E-state index in [9.17, 15) is 4.39 Å². The Bertz CT molecular complexity index is 606. The number of nitriles is 1. The molecule has 5 heteroatoms. The molecular weight excluding hydrogens is 243 g/mol. The third-order valence-corrected chi connectivity index (χ3v) is 2.78. The fraction of sp³-hybridized carbons (Fsp3) is 0.214. The lowest BCUT2D eigenvalue weighted by molar-refractivity contribution is 0.625. The van der Waals surface area contributed by atoms with Crippen molar-refractivity contribution in [3.8, 4) is 6.07 Å². The van der Waals surface area contributed by atoms with Crippen molar-refractivity contribution in [2.45, 2.75) is 6.42 Å². The zero-order chi connectivity index (χ0) is 13.7. The number of hydrogen-bond acceptors (Lipinski definition) is 4. The van der Waals surface area contributed by atoms with Crippen LogP contribution in [0.4, 0.5) is 10.2 Å². The maximum Gasteiger partial charge on any atom is 0.145 e. The van der Waals surface area contributed by atoms with Crippen LogP contribution in [0.1, 0.15) is 11.3 Å². The summed E-state index contributed by atoms with van der Waals surface area (Å²) in [6.07, 6.45) is 2.08. The monoisotopic (exact) mass is 256 g/mol. The molecule has 0 unspecified atom stereocenters. The zero-order valence-electron chi connectivity index (χ0n) is 10.5. The summed E-state index contributed by atoms with van der Waals surface area (Å²) in [6, 6.07) is 10.1. The largest absolute Gasteiger partial charge is 0.359 e. The molecule has 4 nitrogen and oxygen atoms in total. The van der Waals surface area contributed by atoms with Gasteiger partial charge in [0.15, 0.2) is 0 Å². The van der Waals surface area contributed by atoms with Gasteiger partial charge in [-0.2, -0.15) is 5.26 Å². The van der Waals surface area contributed by atoms with Gasteiger partial charge in [-0.05, 0) is 24.1 Å². The molecule has 0 N–H and O–H groups in total. The summed E-state index contributed by atoms with van der Waals surface area (Å²) in [5.74, 6) is 0.455. The SMILES string of the molecule is CN(CCc1cccc(F)c1)c1cc(C#N)ncn1. The predicted molar refractivity (Wildman–Crippen MR) is 70.1 cm³/mol. The number of halogens is 1. The van der Waals surface area contributed by atoms with E-state index in [1.54, 1.807) is 12.1 Å². The Morgan fingerprint density at radius 1 is 1.32 bits per heavy atom. The lowest BCUT2D eigenvalue weighted by Crippen LogP contribution is -2.21. The summed E-state index contributed by atoms with van der Waals surface area (Å²) in [5, 5.41) is 8.78. The van der Waals surface area contributed by atoms with E-state index in [-0.39, 0.29) is 5.82 Å². The Balaban J connectivity index is 2.01. The average molecular weight is 256 g/mol. The van der Waals surface area contributed by atoms with Crippen molar-refractivity contribution < 1.29 is 4.39 Å². The second kappa shape index (κ2) is 5.91. The van der Waals surface area contributed by atoms with Gasteiger partial charge >= 0.3 is 0 Å². The van der Waals surface area contributed by atoms with Crippen molar-refractivity contribution in [3.63, 3.8) is 0 Å². The second-order valence-electron chi connectivity index (χ2n) is 4.17. The molecule has 0 amide bonds. The van der Waals surface area contributed by atoms with Crippen LogP contribution in [0, 0.1) is 17.1 Å². The number of aromatic nitrogens is 2. The number of rotatable bonds is 4. The van der Waals surface area contributed by atoms with Crippen molar-refractivity contribution >= 4 is 5.82 Å². The highest BCUT2D eigenvalue weighted by Crippen LogP contribution is 2.10. The molecule has 19 heavy (non-hydrogen) atoms. The van der Waals surface area contributed by atoms with Crippen LogP contribution < -0.4 is 4.90 Å². The molecule has 0 aliphatic carbocycles. The van der Waals surface area contributed by atoms with E-state index in [1.807, 2.05) is 24.1 Å². The number of likely N-dealkylation sites (N-methyl/N-ethyl adjacent to an activating group) is 1. The minimum Gasteiger partial charge on any atom is -0.359 e. The topological polar surface area (TPSA) is 52.8 Å². The molecule has 0 atom stereocenters. The third-order valence-electron chi connectivity index (χ3n) is 2.78. The van der Waals surface area contributed by atoms with Gasteiger partial charge in [0.05, 0.1) is 0 Å². The summed E-state index contributed by atoms with van der Waals surface area (Å²) in [6.45, 7) is 0.686. The summed E-state index contributed by atoms with van der Waals surface area (Å²) in [5.41, 5.74) is 1.27. The molecule has 0 aliphatic rings. The summed E-state index contributed by atoms with van der Waals surface area (Å²) in [4.78, 5) is 9.84.